The zero-order valence-electron chi connectivity index (χ0n) is 20.9. The third-order valence-electron chi connectivity index (χ3n) is 5.80. The molecule has 1 N–H and O–H groups in total. The summed E-state index contributed by atoms with van der Waals surface area (Å²) in [6.07, 6.45) is 0.973. The highest BCUT2D eigenvalue weighted by Gasteiger charge is 2.32. The van der Waals surface area contributed by atoms with Crippen LogP contribution in [0, 0.1) is 24.0 Å². The Bertz CT molecular complexity index is 1190. The molecule has 2 aromatic carbocycles. The summed E-state index contributed by atoms with van der Waals surface area (Å²) in [4.78, 5) is 23.8. The molecule has 10 heteroatoms. The van der Waals surface area contributed by atoms with Crippen LogP contribution in [0.3, 0.4) is 0 Å². The largest absolute Gasteiger partial charge is 0.496 e. The van der Waals surface area contributed by atoms with Gasteiger partial charge in [0.15, 0.2) is 0 Å². The Morgan fingerprint density at radius 2 is 1.68 bits per heavy atom. The molecule has 186 valence electrons. The number of nitro benzene ring substituents is 1. The third-order valence-corrected chi connectivity index (χ3v) is 7.02. The van der Waals surface area contributed by atoms with Gasteiger partial charge in [0.25, 0.3) is 5.69 Å². The van der Waals surface area contributed by atoms with Crippen molar-refractivity contribution >= 4 is 27.3 Å². The van der Waals surface area contributed by atoms with Crippen molar-refractivity contribution in [3.63, 3.8) is 0 Å². The van der Waals surface area contributed by atoms with Crippen LogP contribution in [0.2, 0.25) is 0 Å². The van der Waals surface area contributed by atoms with Crippen LogP contribution in [0.25, 0.3) is 0 Å². The second-order valence-corrected chi connectivity index (χ2v) is 10.7. The van der Waals surface area contributed by atoms with Gasteiger partial charge >= 0.3 is 0 Å². The Morgan fingerprint density at radius 3 is 2.18 bits per heavy atom. The smallest absolute Gasteiger partial charge is 0.271 e. The lowest BCUT2D eigenvalue weighted by Crippen LogP contribution is -2.48. The molecule has 9 nitrogen and oxygen atoms in total. The minimum absolute atomic E-state index is 0.0923. The van der Waals surface area contributed by atoms with Gasteiger partial charge in [-0.2, -0.15) is 0 Å². The Labute approximate surface area is 201 Å². The lowest BCUT2D eigenvalue weighted by molar-refractivity contribution is -0.384. The van der Waals surface area contributed by atoms with Crippen molar-refractivity contribution in [1.29, 1.82) is 0 Å². The van der Waals surface area contributed by atoms with Gasteiger partial charge in [-0.25, -0.2) is 8.42 Å². The SMILES string of the molecule is COc1cc(C)c([C@@H](C)NC(=O)[C@H](C)N(c2cc([N+](=O)[O-])ccc2C)S(C)(=O)=O)cc1C(C)C. The molecule has 0 bridgehead atoms. The number of carbonyl (C=O) groups is 1. The van der Waals surface area contributed by atoms with Gasteiger partial charge in [-0.05, 0) is 68.0 Å². The van der Waals surface area contributed by atoms with E-state index < -0.39 is 32.9 Å². The molecule has 0 aliphatic rings. The number of nitrogens with one attached hydrogen (secondary N) is 1. The molecule has 34 heavy (non-hydrogen) atoms. The number of nitro groups is 1. The number of aryl methyl sites for hydroxylation is 2. The minimum atomic E-state index is -3.93. The first kappa shape index (κ1) is 27.1. The molecular weight excluding hydrogens is 458 g/mol. The van der Waals surface area contributed by atoms with Gasteiger partial charge in [-0.1, -0.05) is 19.9 Å². The molecule has 0 aliphatic heterocycles. The summed E-state index contributed by atoms with van der Waals surface area (Å²) >= 11 is 0. The molecule has 0 fully saturated rings. The Hall–Kier alpha value is -3.14. The van der Waals surface area contributed by atoms with Gasteiger partial charge in [-0.15, -0.1) is 0 Å². The van der Waals surface area contributed by atoms with Crippen LogP contribution >= 0.6 is 0 Å². The molecule has 0 aliphatic carbocycles. The molecule has 0 spiro atoms. The van der Waals surface area contributed by atoms with Crippen LogP contribution in [0.5, 0.6) is 5.75 Å². The summed E-state index contributed by atoms with van der Waals surface area (Å²) in [6.45, 7) is 10.9. The van der Waals surface area contributed by atoms with E-state index in [0.717, 1.165) is 33.0 Å². The summed E-state index contributed by atoms with van der Waals surface area (Å²) < 4.78 is 31.8. The first-order chi connectivity index (χ1) is 15.7. The van der Waals surface area contributed by atoms with E-state index in [-0.39, 0.29) is 17.3 Å². The molecule has 0 aromatic heterocycles. The number of carbonyl (C=O) groups excluding carboxylic acids is 1. The van der Waals surface area contributed by atoms with E-state index in [9.17, 15) is 23.3 Å². The van der Waals surface area contributed by atoms with Gasteiger partial charge in [-0.3, -0.25) is 19.2 Å². The van der Waals surface area contributed by atoms with Crippen molar-refractivity contribution in [1.82, 2.24) is 5.32 Å². The predicted octanol–water partition coefficient (Wildman–Crippen LogP) is 4.38. The van der Waals surface area contributed by atoms with Crippen LogP contribution < -0.4 is 14.4 Å². The number of nitrogens with zero attached hydrogens (tertiary/aromatic N) is 2. The van der Waals surface area contributed by atoms with Gasteiger partial charge in [0.2, 0.25) is 15.9 Å². The molecule has 0 radical (unpaired) electrons. The monoisotopic (exact) mass is 491 g/mol. The molecular formula is C24H33N3O6S. The van der Waals surface area contributed by atoms with E-state index in [1.807, 2.05) is 39.8 Å². The quantitative estimate of drug-likeness (QED) is 0.411. The second kappa shape index (κ2) is 10.4. The summed E-state index contributed by atoms with van der Waals surface area (Å²) in [6, 6.07) is 6.30. The fourth-order valence-corrected chi connectivity index (χ4v) is 5.18. The number of methoxy groups -OCH3 is 1. The highest BCUT2D eigenvalue weighted by Crippen LogP contribution is 2.33. The van der Waals surface area contributed by atoms with Crippen molar-refractivity contribution in [3.05, 3.63) is 62.7 Å². The lowest BCUT2D eigenvalue weighted by Gasteiger charge is -2.30. The van der Waals surface area contributed by atoms with E-state index in [0.29, 0.717) is 5.56 Å². The molecule has 2 aromatic rings. The van der Waals surface area contributed by atoms with Crippen molar-refractivity contribution in [3.8, 4) is 5.75 Å². The van der Waals surface area contributed by atoms with Crippen molar-refractivity contribution < 1.29 is 22.9 Å². The second-order valence-electron chi connectivity index (χ2n) is 8.80. The highest BCUT2D eigenvalue weighted by atomic mass is 32.2. The Balaban J connectivity index is 2.42. The maximum atomic E-state index is 13.2. The maximum absolute atomic E-state index is 13.2. The summed E-state index contributed by atoms with van der Waals surface area (Å²) in [7, 11) is -2.32. The van der Waals surface area contributed by atoms with Gasteiger partial charge in [0, 0.05) is 12.1 Å². The molecule has 2 atom stereocenters. The number of ether oxygens (including phenoxy) is 1. The average Bonchev–Trinajstić information content (AvgIpc) is 2.73. The van der Waals surface area contributed by atoms with E-state index in [1.54, 1.807) is 14.0 Å². The van der Waals surface area contributed by atoms with Crippen LogP contribution in [0.4, 0.5) is 11.4 Å². The zero-order valence-corrected chi connectivity index (χ0v) is 21.7. The minimum Gasteiger partial charge on any atom is -0.496 e. The van der Waals surface area contributed by atoms with Crippen molar-refractivity contribution in [2.45, 2.75) is 59.5 Å². The van der Waals surface area contributed by atoms with E-state index in [1.165, 1.54) is 25.1 Å². The predicted molar refractivity (Wildman–Crippen MR) is 133 cm³/mol. The van der Waals surface area contributed by atoms with Gasteiger partial charge < -0.3 is 10.1 Å². The molecule has 0 saturated heterocycles. The standard InChI is InChI=1S/C24H33N3O6S/c1-14(2)20-13-21(16(4)11-23(20)33-7)17(5)25-24(28)18(6)26(34(8,31)32)22-12-19(27(29)30)10-9-15(22)3/h9-14,17-18H,1-8H3,(H,25,28)/t17-,18+/m1/s1. The number of hydrogen-bond donors (Lipinski definition) is 1. The number of amides is 1. The van der Waals surface area contributed by atoms with E-state index >= 15 is 0 Å². The maximum Gasteiger partial charge on any atom is 0.271 e. The van der Waals surface area contributed by atoms with Crippen LogP contribution in [-0.2, 0) is 14.8 Å². The number of hydrogen-bond acceptors (Lipinski definition) is 6. The molecule has 2 rings (SSSR count). The van der Waals surface area contributed by atoms with Gasteiger partial charge in [0.05, 0.1) is 30.0 Å². The van der Waals surface area contributed by atoms with Crippen molar-refractivity contribution in [2.75, 3.05) is 17.7 Å². The van der Waals surface area contributed by atoms with Gasteiger partial charge in [0.1, 0.15) is 11.8 Å². The number of sulfonamides is 1. The fourth-order valence-electron chi connectivity index (χ4n) is 3.95. The van der Waals surface area contributed by atoms with Crippen LogP contribution in [0.15, 0.2) is 30.3 Å². The summed E-state index contributed by atoms with van der Waals surface area (Å²) in [5, 5.41) is 14.1. The summed E-state index contributed by atoms with van der Waals surface area (Å²) in [5.74, 6) is 0.450. The molecule has 0 unspecified atom stereocenters. The van der Waals surface area contributed by atoms with E-state index in [2.05, 4.69) is 5.32 Å². The number of anilines is 1. The first-order valence-electron chi connectivity index (χ1n) is 10.9. The van der Waals surface area contributed by atoms with Crippen molar-refractivity contribution in [2.24, 2.45) is 0 Å². The average molecular weight is 492 g/mol. The number of benzene rings is 2. The Morgan fingerprint density at radius 1 is 1.06 bits per heavy atom. The fraction of sp³-hybridized carbons (Fsp3) is 0.458. The normalized spacial score (nSPS) is 13.3. The number of non-ortho nitro benzene ring substituents is 1. The summed E-state index contributed by atoms with van der Waals surface area (Å²) in [5.41, 5.74) is 3.15. The number of rotatable bonds is 9. The van der Waals surface area contributed by atoms with Crippen LogP contribution in [0.1, 0.15) is 61.9 Å². The molecule has 1 amide bonds. The molecule has 0 heterocycles. The zero-order chi connectivity index (χ0) is 26.0. The lowest BCUT2D eigenvalue weighted by atomic mass is 9.93. The van der Waals surface area contributed by atoms with E-state index in [4.69, 9.17) is 4.74 Å². The third kappa shape index (κ3) is 5.85. The highest BCUT2D eigenvalue weighted by molar-refractivity contribution is 7.92. The topological polar surface area (TPSA) is 119 Å². The van der Waals surface area contributed by atoms with Crippen LogP contribution in [-0.4, -0.2) is 38.7 Å². The molecule has 0 saturated carbocycles. The Kier molecular flexibility index (Phi) is 8.31. The first-order valence-corrected chi connectivity index (χ1v) is 12.8.